The van der Waals surface area contributed by atoms with Gasteiger partial charge in [-0.05, 0) is 12.1 Å². The summed E-state index contributed by atoms with van der Waals surface area (Å²) in [6, 6.07) is 7.42. The fourth-order valence-electron chi connectivity index (χ4n) is 3.88. The van der Waals surface area contributed by atoms with Crippen LogP contribution in [-0.4, -0.2) is 49.1 Å². The summed E-state index contributed by atoms with van der Waals surface area (Å²) in [4.78, 5) is 35.7. The maximum Gasteiger partial charge on any atom is 0.330 e. The molecular weight excluding hydrogens is 545 g/mol. The first kappa shape index (κ1) is 27.1. The van der Waals surface area contributed by atoms with Crippen molar-refractivity contribution in [3.8, 4) is 11.5 Å². The minimum absolute atomic E-state index is 0.000815. The third-order valence-corrected chi connectivity index (χ3v) is 6.24. The Hall–Kier alpha value is -3.90. The number of fused-ring (bicyclic) bond motifs is 1. The van der Waals surface area contributed by atoms with Gasteiger partial charge in [0.1, 0.15) is 27.4 Å². The molecule has 0 fully saturated rings. The molecule has 200 valence electrons. The van der Waals surface area contributed by atoms with Crippen molar-refractivity contribution in [1.82, 2.24) is 9.97 Å². The van der Waals surface area contributed by atoms with E-state index in [0.717, 1.165) is 9.80 Å². The quantitative estimate of drug-likeness (QED) is 0.359. The molecule has 0 atom stereocenters. The number of halogens is 4. The molecule has 4 rings (SSSR count). The molecule has 38 heavy (non-hydrogen) atoms. The minimum Gasteiger partial charge on any atom is -0.495 e. The van der Waals surface area contributed by atoms with Crippen LogP contribution < -0.4 is 29.9 Å². The van der Waals surface area contributed by atoms with Crippen molar-refractivity contribution in [2.45, 2.75) is 19.9 Å². The van der Waals surface area contributed by atoms with Crippen LogP contribution in [0.1, 0.15) is 12.5 Å². The molecule has 0 unspecified atom stereocenters. The molecule has 3 amide bonds. The predicted octanol–water partition coefficient (Wildman–Crippen LogP) is 5.71. The Morgan fingerprint density at radius 2 is 1.76 bits per heavy atom. The van der Waals surface area contributed by atoms with Gasteiger partial charge in [-0.15, -0.1) is 0 Å². The van der Waals surface area contributed by atoms with Crippen LogP contribution in [0.25, 0.3) is 0 Å². The summed E-state index contributed by atoms with van der Waals surface area (Å²) >= 11 is 13.0. The molecular formula is C24H22Cl2F2N6O4. The maximum atomic E-state index is 13.6. The van der Waals surface area contributed by atoms with Gasteiger partial charge in [0.15, 0.2) is 0 Å². The van der Waals surface area contributed by atoms with E-state index in [-0.39, 0.29) is 51.4 Å². The molecule has 0 saturated heterocycles. The van der Waals surface area contributed by atoms with Crippen LogP contribution in [0.2, 0.25) is 10.0 Å². The lowest BCUT2D eigenvalue weighted by Gasteiger charge is -2.37. The zero-order valence-corrected chi connectivity index (χ0v) is 21.9. The lowest BCUT2D eigenvalue weighted by molar-refractivity contribution is -0.114. The first-order valence-corrected chi connectivity index (χ1v) is 11.9. The molecule has 14 heteroatoms. The highest BCUT2D eigenvalue weighted by Gasteiger charge is 2.37. The Balaban J connectivity index is 1.77. The molecule has 2 heterocycles. The van der Waals surface area contributed by atoms with Crippen molar-refractivity contribution in [2.24, 2.45) is 0 Å². The Kier molecular flexibility index (Phi) is 8.02. The first-order valence-electron chi connectivity index (χ1n) is 11.1. The van der Waals surface area contributed by atoms with E-state index in [0.29, 0.717) is 16.9 Å². The van der Waals surface area contributed by atoms with E-state index in [1.165, 1.54) is 33.4 Å². The number of urea groups is 1. The van der Waals surface area contributed by atoms with E-state index in [2.05, 4.69) is 20.6 Å². The monoisotopic (exact) mass is 566 g/mol. The SMILES string of the molecule is COc1cc(OC)c(Cl)c(N2Cc3cnc(Nc4ccccc4NC(C)=O)nc3N(CC(F)F)C2=O)c1Cl. The van der Waals surface area contributed by atoms with Crippen molar-refractivity contribution in [2.75, 3.05) is 41.2 Å². The van der Waals surface area contributed by atoms with Gasteiger partial charge < -0.3 is 20.1 Å². The first-order chi connectivity index (χ1) is 18.1. The number of methoxy groups -OCH3 is 2. The molecule has 1 aromatic heterocycles. The van der Waals surface area contributed by atoms with Crippen molar-refractivity contribution >= 4 is 64.0 Å². The number of hydrogen-bond acceptors (Lipinski definition) is 7. The van der Waals surface area contributed by atoms with Gasteiger partial charge in [-0.25, -0.2) is 18.6 Å². The normalized spacial score (nSPS) is 12.9. The summed E-state index contributed by atoms with van der Waals surface area (Å²) < 4.78 is 37.8. The summed E-state index contributed by atoms with van der Waals surface area (Å²) in [5, 5.41) is 5.64. The van der Waals surface area contributed by atoms with Crippen LogP contribution in [0.3, 0.4) is 0 Å². The van der Waals surface area contributed by atoms with Gasteiger partial charge in [0.05, 0.1) is 44.4 Å². The minimum atomic E-state index is -2.87. The third-order valence-electron chi connectivity index (χ3n) is 5.51. The van der Waals surface area contributed by atoms with Crippen molar-refractivity contribution in [1.29, 1.82) is 0 Å². The van der Waals surface area contributed by atoms with Crippen LogP contribution >= 0.6 is 23.2 Å². The van der Waals surface area contributed by atoms with Crippen LogP contribution in [0.4, 0.5) is 42.4 Å². The standard InChI is InChI=1S/C24H22Cl2F2N6O4/c1-12(35)30-14-6-4-5-7-15(14)31-23-29-9-13-10-33(24(36)34(11-18(27)28)22(13)32-23)21-19(25)16(37-2)8-17(38-3)20(21)26/h4-9,18H,10-11H2,1-3H3,(H,30,35)(H,29,31,32). The second-order valence-corrected chi connectivity index (χ2v) is 8.78. The largest absolute Gasteiger partial charge is 0.495 e. The third kappa shape index (κ3) is 5.36. The Labute approximate surface area is 226 Å². The number of benzene rings is 2. The molecule has 0 aliphatic carbocycles. The number of hydrogen-bond donors (Lipinski definition) is 2. The zero-order valence-electron chi connectivity index (χ0n) is 20.4. The summed E-state index contributed by atoms with van der Waals surface area (Å²) in [5.41, 5.74) is 1.32. The predicted molar refractivity (Wildman–Crippen MR) is 141 cm³/mol. The summed E-state index contributed by atoms with van der Waals surface area (Å²) in [5.74, 6) is 0.0846. The second kappa shape index (κ2) is 11.2. The van der Waals surface area contributed by atoms with Gasteiger partial charge >= 0.3 is 6.03 Å². The molecule has 0 radical (unpaired) electrons. The summed E-state index contributed by atoms with van der Waals surface area (Å²) in [6.07, 6.45) is -1.47. The summed E-state index contributed by atoms with van der Waals surface area (Å²) in [6.45, 7) is 0.298. The molecule has 2 aromatic carbocycles. The zero-order chi connectivity index (χ0) is 27.6. The molecule has 0 bridgehead atoms. The highest BCUT2D eigenvalue weighted by Crippen LogP contribution is 2.48. The average Bonchev–Trinajstić information content (AvgIpc) is 2.87. The van der Waals surface area contributed by atoms with Crippen molar-refractivity contribution in [3.05, 3.63) is 52.1 Å². The van der Waals surface area contributed by atoms with E-state index < -0.39 is 19.0 Å². The number of aromatic nitrogens is 2. The van der Waals surface area contributed by atoms with E-state index in [9.17, 15) is 18.4 Å². The number of carbonyl (C=O) groups excluding carboxylic acids is 2. The fourth-order valence-corrected chi connectivity index (χ4v) is 4.58. The van der Waals surface area contributed by atoms with E-state index in [1.54, 1.807) is 24.3 Å². The van der Waals surface area contributed by atoms with Gasteiger partial charge in [0.25, 0.3) is 6.43 Å². The molecule has 0 saturated carbocycles. The smallest absolute Gasteiger partial charge is 0.330 e. The molecule has 2 N–H and O–H groups in total. The van der Waals surface area contributed by atoms with Crippen LogP contribution in [-0.2, 0) is 11.3 Å². The lowest BCUT2D eigenvalue weighted by Crippen LogP contribution is -2.50. The number of ether oxygens (including phenoxy) is 2. The van der Waals surface area contributed by atoms with Gasteiger partial charge in [-0.3, -0.25) is 14.6 Å². The topological polar surface area (TPSA) is 109 Å². The number of nitrogens with zero attached hydrogens (tertiary/aromatic N) is 4. The Bertz CT molecular complexity index is 1370. The molecule has 10 nitrogen and oxygen atoms in total. The van der Waals surface area contributed by atoms with Gasteiger partial charge in [0.2, 0.25) is 11.9 Å². The van der Waals surface area contributed by atoms with Gasteiger partial charge in [0, 0.05) is 24.8 Å². The molecule has 1 aliphatic rings. The summed E-state index contributed by atoms with van der Waals surface area (Å²) in [7, 11) is 2.75. The van der Waals surface area contributed by atoms with Crippen molar-refractivity contribution in [3.63, 3.8) is 0 Å². The number of alkyl halides is 2. The maximum absolute atomic E-state index is 13.6. The number of amides is 3. The fraction of sp³-hybridized carbons (Fsp3) is 0.250. The highest BCUT2D eigenvalue weighted by atomic mass is 35.5. The number of rotatable bonds is 8. The number of anilines is 5. The van der Waals surface area contributed by atoms with Gasteiger partial charge in [-0.1, -0.05) is 35.3 Å². The molecule has 0 spiro atoms. The lowest BCUT2D eigenvalue weighted by atomic mass is 10.1. The number of carbonyl (C=O) groups is 2. The number of para-hydroxylation sites is 2. The Morgan fingerprint density at radius 1 is 1.13 bits per heavy atom. The van der Waals surface area contributed by atoms with E-state index in [4.69, 9.17) is 32.7 Å². The van der Waals surface area contributed by atoms with E-state index in [1.807, 2.05) is 0 Å². The molecule has 3 aromatic rings. The van der Waals surface area contributed by atoms with Crippen LogP contribution in [0.5, 0.6) is 11.5 Å². The second-order valence-electron chi connectivity index (χ2n) is 8.02. The van der Waals surface area contributed by atoms with Crippen LogP contribution in [0.15, 0.2) is 36.5 Å². The Morgan fingerprint density at radius 3 is 2.34 bits per heavy atom. The molecule has 1 aliphatic heterocycles. The number of nitrogens with one attached hydrogen (secondary N) is 2. The highest BCUT2D eigenvalue weighted by molar-refractivity contribution is 6.42. The van der Waals surface area contributed by atoms with Gasteiger partial charge in [-0.2, -0.15) is 4.98 Å². The average molecular weight is 567 g/mol. The van der Waals surface area contributed by atoms with Crippen molar-refractivity contribution < 1.29 is 27.8 Å². The van der Waals surface area contributed by atoms with E-state index >= 15 is 0 Å². The van der Waals surface area contributed by atoms with Crippen LogP contribution in [0, 0.1) is 0 Å².